The Labute approximate surface area is 102 Å². The molecule has 1 aromatic rings. The van der Waals surface area contributed by atoms with Crippen LogP contribution in [0.2, 0.25) is 5.02 Å². The molecular formula is C12H21ClN2O. The molecule has 3 nitrogen and oxygen atoms in total. The molecule has 1 heterocycles. The minimum atomic E-state index is -0.346. The minimum Gasteiger partial charge on any atom is -0.393 e. The highest BCUT2D eigenvalue weighted by atomic mass is 35.5. The lowest BCUT2D eigenvalue weighted by Gasteiger charge is -2.28. The lowest BCUT2D eigenvalue weighted by atomic mass is 9.83. The van der Waals surface area contributed by atoms with Gasteiger partial charge in [0.2, 0.25) is 0 Å². The van der Waals surface area contributed by atoms with E-state index in [-0.39, 0.29) is 17.6 Å². The van der Waals surface area contributed by atoms with Crippen LogP contribution in [0.5, 0.6) is 0 Å². The van der Waals surface area contributed by atoms with E-state index < -0.39 is 0 Å². The molecule has 0 radical (unpaired) electrons. The summed E-state index contributed by atoms with van der Waals surface area (Å²) in [5, 5.41) is 14.5. The summed E-state index contributed by atoms with van der Waals surface area (Å²) in [5.41, 5.74) is 0.830. The van der Waals surface area contributed by atoms with E-state index in [0.717, 1.165) is 5.69 Å². The Morgan fingerprint density at radius 2 is 2.00 bits per heavy atom. The minimum absolute atomic E-state index is 0.175. The largest absolute Gasteiger partial charge is 0.393 e. The molecular weight excluding hydrogens is 224 g/mol. The highest BCUT2D eigenvalue weighted by Crippen LogP contribution is 2.34. The molecule has 1 unspecified atom stereocenters. The van der Waals surface area contributed by atoms with Gasteiger partial charge in [0.1, 0.15) is 0 Å². The zero-order chi connectivity index (χ0) is 12.5. The van der Waals surface area contributed by atoms with Crippen LogP contribution in [-0.2, 0) is 5.41 Å². The molecule has 1 aromatic heterocycles. The lowest BCUT2D eigenvalue weighted by molar-refractivity contribution is 0.153. The molecule has 0 spiro atoms. The van der Waals surface area contributed by atoms with Gasteiger partial charge in [-0.15, -0.1) is 0 Å². The van der Waals surface area contributed by atoms with Gasteiger partial charge in [-0.2, -0.15) is 5.10 Å². The Bertz CT molecular complexity index is 356. The first-order chi connectivity index (χ1) is 7.25. The Morgan fingerprint density at radius 3 is 2.44 bits per heavy atom. The molecule has 16 heavy (non-hydrogen) atoms. The molecule has 0 aromatic carbocycles. The summed E-state index contributed by atoms with van der Waals surface area (Å²) >= 11 is 6.19. The molecule has 0 saturated heterocycles. The Hall–Kier alpha value is -0.540. The normalized spacial score (nSPS) is 14.5. The predicted molar refractivity (Wildman–Crippen MR) is 66.9 cm³/mol. The molecule has 0 aliphatic rings. The van der Waals surface area contributed by atoms with Gasteiger partial charge in [0.25, 0.3) is 0 Å². The highest BCUT2D eigenvalue weighted by Gasteiger charge is 2.30. The number of aliphatic hydroxyl groups is 1. The van der Waals surface area contributed by atoms with Gasteiger partial charge >= 0.3 is 0 Å². The number of rotatable bonds is 4. The van der Waals surface area contributed by atoms with Crippen molar-refractivity contribution in [2.24, 2.45) is 0 Å². The zero-order valence-electron chi connectivity index (χ0n) is 10.7. The molecule has 0 aliphatic carbocycles. The Balaban J connectivity index is 3.15. The van der Waals surface area contributed by atoms with Crippen molar-refractivity contribution in [1.29, 1.82) is 0 Å². The van der Waals surface area contributed by atoms with Gasteiger partial charge in [0.05, 0.1) is 23.0 Å². The van der Waals surface area contributed by atoms with Crippen molar-refractivity contribution in [2.45, 2.75) is 58.6 Å². The van der Waals surface area contributed by atoms with Gasteiger partial charge in [-0.3, -0.25) is 4.68 Å². The van der Waals surface area contributed by atoms with Crippen molar-refractivity contribution in [3.63, 3.8) is 0 Å². The van der Waals surface area contributed by atoms with Crippen molar-refractivity contribution >= 4 is 11.6 Å². The van der Waals surface area contributed by atoms with Gasteiger partial charge in [-0.1, -0.05) is 25.4 Å². The number of aliphatic hydroxyl groups excluding tert-OH is 1. The summed E-state index contributed by atoms with van der Waals surface area (Å²) in [5.74, 6) is 0. The maximum Gasteiger partial charge on any atom is 0.0823 e. The first kappa shape index (κ1) is 13.5. The molecule has 0 saturated carbocycles. The van der Waals surface area contributed by atoms with Gasteiger partial charge in [-0.25, -0.2) is 0 Å². The molecule has 0 bridgehead atoms. The molecule has 0 aliphatic heterocycles. The average Bonchev–Trinajstić information content (AvgIpc) is 2.44. The second kappa shape index (κ2) is 4.76. The average molecular weight is 245 g/mol. The predicted octanol–water partition coefficient (Wildman–Crippen LogP) is 3.17. The van der Waals surface area contributed by atoms with E-state index in [2.05, 4.69) is 32.8 Å². The van der Waals surface area contributed by atoms with Crippen LogP contribution in [0.25, 0.3) is 0 Å². The third kappa shape index (κ3) is 2.77. The van der Waals surface area contributed by atoms with Crippen LogP contribution in [0.15, 0.2) is 6.20 Å². The van der Waals surface area contributed by atoms with E-state index >= 15 is 0 Å². The number of hydrogen-bond donors (Lipinski definition) is 1. The van der Waals surface area contributed by atoms with Gasteiger partial charge in [0, 0.05) is 11.5 Å². The summed E-state index contributed by atoms with van der Waals surface area (Å²) in [6.45, 7) is 10.1. The van der Waals surface area contributed by atoms with E-state index in [1.54, 1.807) is 13.1 Å². The van der Waals surface area contributed by atoms with Crippen LogP contribution in [-0.4, -0.2) is 21.0 Å². The number of aromatic nitrogens is 2. The van der Waals surface area contributed by atoms with Gasteiger partial charge in [-0.05, 0) is 27.2 Å². The molecule has 92 valence electrons. The Kier molecular flexibility index (Phi) is 4.02. The van der Waals surface area contributed by atoms with Crippen LogP contribution in [0.4, 0.5) is 0 Å². The summed E-state index contributed by atoms with van der Waals surface area (Å²) in [4.78, 5) is 0. The van der Waals surface area contributed by atoms with Gasteiger partial charge < -0.3 is 5.11 Å². The van der Waals surface area contributed by atoms with E-state index in [0.29, 0.717) is 11.4 Å². The summed E-state index contributed by atoms with van der Waals surface area (Å²) < 4.78 is 1.94. The van der Waals surface area contributed by atoms with Crippen molar-refractivity contribution < 1.29 is 5.11 Å². The van der Waals surface area contributed by atoms with E-state index in [9.17, 15) is 5.11 Å². The lowest BCUT2D eigenvalue weighted by Crippen LogP contribution is -2.27. The van der Waals surface area contributed by atoms with Gasteiger partial charge in [0.15, 0.2) is 0 Å². The standard InChI is InChI=1S/C12H21ClN2O/c1-8(2)15-11(10(13)7-14-15)12(4,5)6-9(3)16/h7-9,16H,6H2,1-5H3. The molecule has 1 rings (SSSR count). The summed E-state index contributed by atoms with van der Waals surface area (Å²) in [6.07, 6.45) is 2.01. The smallest absolute Gasteiger partial charge is 0.0823 e. The van der Waals surface area contributed by atoms with Crippen LogP contribution in [0, 0.1) is 0 Å². The van der Waals surface area contributed by atoms with Crippen LogP contribution < -0.4 is 0 Å². The fraction of sp³-hybridized carbons (Fsp3) is 0.750. The molecule has 4 heteroatoms. The SMILES string of the molecule is CC(O)CC(C)(C)c1c(Cl)cnn1C(C)C. The second-order valence-corrected chi connectivity index (χ2v) is 5.72. The number of hydrogen-bond acceptors (Lipinski definition) is 2. The third-order valence-corrected chi connectivity index (χ3v) is 2.96. The number of halogens is 1. The van der Waals surface area contributed by atoms with Crippen LogP contribution >= 0.6 is 11.6 Å². The topological polar surface area (TPSA) is 38.1 Å². The summed E-state index contributed by atoms with van der Waals surface area (Å²) in [7, 11) is 0. The van der Waals surface area contributed by atoms with Crippen molar-refractivity contribution in [3.8, 4) is 0 Å². The monoisotopic (exact) mass is 244 g/mol. The van der Waals surface area contributed by atoms with E-state index in [4.69, 9.17) is 11.6 Å². The molecule has 1 N–H and O–H groups in total. The zero-order valence-corrected chi connectivity index (χ0v) is 11.4. The third-order valence-electron chi connectivity index (χ3n) is 2.69. The van der Waals surface area contributed by atoms with Crippen molar-refractivity contribution in [2.75, 3.05) is 0 Å². The maximum atomic E-state index is 9.53. The maximum absolute atomic E-state index is 9.53. The van der Waals surface area contributed by atoms with Crippen LogP contribution in [0.3, 0.4) is 0 Å². The summed E-state index contributed by atoms with van der Waals surface area (Å²) in [6, 6.07) is 0.274. The molecule has 1 atom stereocenters. The quantitative estimate of drug-likeness (QED) is 0.884. The molecule has 0 amide bonds. The number of nitrogens with zero attached hydrogens (tertiary/aromatic N) is 2. The fourth-order valence-corrected chi connectivity index (χ4v) is 2.59. The van der Waals surface area contributed by atoms with E-state index in [1.165, 1.54) is 0 Å². The van der Waals surface area contributed by atoms with Crippen LogP contribution in [0.1, 0.15) is 52.8 Å². The first-order valence-electron chi connectivity index (χ1n) is 5.67. The Morgan fingerprint density at radius 1 is 1.44 bits per heavy atom. The second-order valence-electron chi connectivity index (χ2n) is 5.32. The van der Waals surface area contributed by atoms with Crippen molar-refractivity contribution in [3.05, 3.63) is 16.9 Å². The fourth-order valence-electron chi connectivity index (χ4n) is 2.20. The first-order valence-corrected chi connectivity index (χ1v) is 6.05. The highest BCUT2D eigenvalue weighted by molar-refractivity contribution is 6.31. The van der Waals surface area contributed by atoms with E-state index in [1.807, 2.05) is 4.68 Å². The van der Waals surface area contributed by atoms with Crippen molar-refractivity contribution in [1.82, 2.24) is 9.78 Å². The molecule has 0 fully saturated rings.